The van der Waals surface area contributed by atoms with Crippen molar-refractivity contribution in [2.24, 2.45) is 5.92 Å². The van der Waals surface area contributed by atoms with Gasteiger partial charge in [-0.1, -0.05) is 27.7 Å². The maximum atomic E-state index is 12.8. The number of pyridine rings is 1. The molecule has 0 saturated heterocycles. The highest BCUT2D eigenvalue weighted by atomic mass is 16.5. The van der Waals surface area contributed by atoms with Crippen molar-refractivity contribution >= 4 is 22.9 Å². The Labute approximate surface area is 168 Å². The smallest absolute Gasteiger partial charge is 0.330 e. The number of H-pyrrole nitrogens is 1. The molecule has 2 aromatic heterocycles. The number of rotatable bonds is 7. The number of hydrogen-bond donors (Lipinski definition) is 2. The van der Waals surface area contributed by atoms with Crippen LogP contribution in [0.3, 0.4) is 0 Å². The SMILES string of the molecule is CC(C)Cn1c(=O)[nH]c(=O)c2c(C(=O)NCC(=O)OC(C)C)cc(C(C)C)nc21. The zero-order valence-corrected chi connectivity index (χ0v) is 17.7. The number of ether oxygens (including phenoxy) is 1. The van der Waals surface area contributed by atoms with Crippen LogP contribution in [0.1, 0.15) is 63.5 Å². The highest BCUT2D eigenvalue weighted by Crippen LogP contribution is 2.20. The van der Waals surface area contributed by atoms with Crippen LogP contribution in [0.25, 0.3) is 11.0 Å². The summed E-state index contributed by atoms with van der Waals surface area (Å²) in [6.07, 6.45) is -0.304. The summed E-state index contributed by atoms with van der Waals surface area (Å²) in [6.45, 7) is 11.1. The topological polar surface area (TPSA) is 123 Å². The molecule has 2 heterocycles. The number of amides is 1. The fraction of sp³-hybridized carbons (Fsp3) is 0.550. The predicted octanol–water partition coefficient (Wildman–Crippen LogP) is 1.55. The van der Waals surface area contributed by atoms with Crippen LogP contribution in [0.15, 0.2) is 15.7 Å². The first-order valence-electron chi connectivity index (χ1n) is 9.66. The minimum absolute atomic E-state index is 0.0179. The van der Waals surface area contributed by atoms with Crippen molar-refractivity contribution < 1.29 is 14.3 Å². The summed E-state index contributed by atoms with van der Waals surface area (Å²) in [6, 6.07) is 1.52. The second-order valence-corrected chi connectivity index (χ2v) is 7.93. The summed E-state index contributed by atoms with van der Waals surface area (Å²) in [7, 11) is 0. The van der Waals surface area contributed by atoms with E-state index in [2.05, 4.69) is 15.3 Å². The second-order valence-electron chi connectivity index (χ2n) is 7.93. The zero-order chi connectivity index (χ0) is 21.9. The number of aromatic nitrogens is 3. The Morgan fingerprint density at radius 3 is 2.38 bits per heavy atom. The minimum Gasteiger partial charge on any atom is -0.462 e. The molecule has 1 amide bonds. The average Bonchev–Trinajstić information content (AvgIpc) is 2.61. The first-order valence-corrected chi connectivity index (χ1v) is 9.66. The molecule has 2 N–H and O–H groups in total. The number of carbonyl (C=O) groups excluding carboxylic acids is 2. The van der Waals surface area contributed by atoms with Crippen molar-refractivity contribution in [2.75, 3.05) is 6.54 Å². The van der Waals surface area contributed by atoms with Gasteiger partial charge in [0.2, 0.25) is 0 Å². The van der Waals surface area contributed by atoms with Crippen LogP contribution >= 0.6 is 0 Å². The Balaban J connectivity index is 2.62. The van der Waals surface area contributed by atoms with Gasteiger partial charge in [-0.15, -0.1) is 0 Å². The number of hydrogen-bond acceptors (Lipinski definition) is 6. The maximum absolute atomic E-state index is 12.8. The van der Waals surface area contributed by atoms with Crippen molar-refractivity contribution in [3.8, 4) is 0 Å². The van der Waals surface area contributed by atoms with E-state index in [1.54, 1.807) is 13.8 Å². The highest BCUT2D eigenvalue weighted by Gasteiger charge is 2.21. The molecule has 0 aliphatic carbocycles. The zero-order valence-electron chi connectivity index (χ0n) is 17.7. The molecule has 2 rings (SSSR count). The van der Waals surface area contributed by atoms with Crippen LogP contribution in [0.4, 0.5) is 0 Å². The van der Waals surface area contributed by atoms with Gasteiger partial charge in [-0.05, 0) is 31.7 Å². The standard InChI is InChI=1S/C20H28N4O5/c1-10(2)9-24-17-16(19(27)23-20(24)28)13(7-14(22-17)11(3)4)18(26)21-8-15(25)29-12(5)6/h7,10-12H,8-9H2,1-6H3,(H,21,26)(H,23,27,28). The molecule has 0 atom stereocenters. The molecule has 0 saturated carbocycles. The molecule has 158 valence electrons. The van der Waals surface area contributed by atoms with E-state index in [1.807, 2.05) is 27.7 Å². The lowest BCUT2D eigenvalue weighted by Gasteiger charge is -2.16. The van der Waals surface area contributed by atoms with Gasteiger partial charge in [0.05, 0.1) is 17.1 Å². The third-order valence-corrected chi connectivity index (χ3v) is 4.11. The molecule has 9 nitrogen and oxygen atoms in total. The van der Waals surface area contributed by atoms with E-state index in [0.717, 1.165) is 0 Å². The summed E-state index contributed by atoms with van der Waals surface area (Å²) in [5.74, 6) is -1.12. The van der Waals surface area contributed by atoms with Gasteiger partial charge in [-0.2, -0.15) is 0 Å². The number of nitrogens with one attached hydrogen (secondary N) is 2. The molecule has 0 spiro atoms. The average molecular weight is 404 g/mol. The summed E-state index contributed by atoms with van der Waals surface area (Å²) in [5.41, 5.74) is -0.475. The normalized spacial score (nSPS) is 11.5. The number of fused-ring (bicyclic) bond motifs is 1. The van der Waals surface area contributed by atoms with Crippen LogP contribution in [0, 0.1) is 5.92 Å². The van der Waals surface area contributed by atoms with E-state index in [-0.39, 0.29) is 41.1 Å². The number of carbonyl (C=O) groups is 2. The molecule has 9 heteroatoms. The Morgan fingerprint density at radius 2 is 1.83 bits per heavy atom. The number of nitrogens with zero attached hydrogens (tertiary/aromatic N) is 2. The lowest BCUT2D eigenvalue weighted by molar-refractivity contribution is -0.146. The molecule has 0 radical (unpaired) electrons. The van der Waals surface area contributed by atoms with Gasteiger partial charge < -0.3 is 10.1 Å². The summed E-state index contributed by atoms with van der Waals surface area (Å²) in [5, 5.41) is 2.50. The van der Waals surface area contributed by atoms with E-state index >= 15 is 0 Å². The van der Waals surface area contributed by atoms with E-state index in [1.165, 1.54) is 10.6 Å². The van der Waals surface area contributed by atoms with Gasteiger partial charge >= 0.3 is 11.7 Å². The molecule has 29 heavy (non-hydrogen) atoms. The van der Waals surface area contributed by atoms with Crippen molar-refractivity contribution in [1.82, 2.24) is 19.9 Å². The summed E-state index contributed by atoms with van der Waals surface area (Å²) < 4.78 is 6.38. The van der Waals surface area contributed by atoms with E-state index in [4.69, 9.17) is 4.74 Å². The van der Waals surface area contributed by atoms with Gasteiger partial charge in [-0.3, -0.25) is 23.9 Å². The molecule has 0 bridgehead atoms. The summed E-state index contributed by atoms with van der Waals surface area (Å²) >= 11 is 0. The van der Waals surface area contributed by atoms with Crippen LogP contribution in [0.2, 0.25) is 0 Å². The molecular weight excluding hydrogens is 376 g/mol. The third-order valence-electron chi connectivity index (χ3n) is 4.11. The molecule has 0 unspecified atom stereocenters. The Morgan fingerprint density at radius 1 is 1.17 bits per heavy atom. The Hall–Kier alpha value is -2.97. The molecule has 0 fully saturated rings. The van der Waals surface area contributed by atoms with Gasteiger partial charge in [0.15, 0.2) is 5.65 Å². The monoisotopic (exact) mass is 404 g/mol. The van der Waals surface area contributed by atoms with E-state index in [9.17, 15) is 19.2 Å². The van der Waals surface area contributed by atoms with E-state index < -0.39 is 23.1 Å². The maximum Gasteiger partial charge on any atom is 0.330 e. The highest BCUT2D eigenvalue weighted by molar-refractivity contribution is 6.06. The lowest BCUT2D eigenvalue weighted by atomic mass is 10.0. The van der Waals surface area contributed by atoms with Crippen LogP contribution < -0.4 is 16.6 Å². The van der Waals surface area contributed by atoms with Gasteiger partial charge in [-0.25, -0.2) is 9.78 Å². The first kappa shape index (κ1) is 22.3. The largest absolute Gasteiger partial charge is 0.462 e. The van der Waals surface area contributed by atoms with Crippen molar-refractivity contribution in [3.63, 3.8) is 0 Å². The predicted molar refractivity (Wildman–Crippen MR) is 109 cm³/mol. The van der Waals surface area contributed by atoms with Crippen LogP contribution in [-0.4, -0.2) is 39.1 Å². The Bertz CT molecular complexity index is 1030. The Kier molecular flexibility index (Phi) is 6.94. The molecule has 0 aliphatic rings. The second kappa shape index (κ2) is 9.02. The van der Waals surface area contributed by atoms with Gasteiger partial charge in [0.25, 0.3) is 11.5 Å². The molecule has 0 aromatic carbocycles. The molecular formula is C20H28N4O5. The van der Waals surface area contributed by atoms with Crippen LogP contribution in [0.5, 0.6) is 0 Å². The quantitative estimate of drug-likeness (QED) is 0.675. The van der Waals surface area contributed by atoms with Gasteiger partial charge in [0.1, 0.15) is 6.54 Å². The lowest BCUT2D eigenvalue weighted by Crippen LogP contribution is -2.36. The first-order chi connectivity index (χ1) is 13.5. The van der Waals surface area contributed by atoms with Crippen molar-refractivity contribution in [2.45, 2.75) is 60.1 Å². The molecule has 0 aliphatic heterocycles. The third kappa shape index (κ3) is 5.30. The molecule has 2 aromatic rings. The van der Waals surface area contributed by atoms with E-state index in [0.29, 0.717) is 12.2 Å². The fourth-order valence-electron chi connectivity index (χ4n) is 2.86. The van der Waals surface area contributed by atoms with Crippen molar-refractivity contribution in [1.29, 1.82) is 0 Å². The van der Waals surface area contributed by atoms with Crippen molar-refractivity contribution in [3.05, 3.63) is 38.2 Å². The van der Waals surface area contributed by atoms with Crippen LogP contribution in [-0.2, 0) is 16.1 Å². The summed E-state index contributed by atoms with van der Waals surface area (Å²) in [4.78, 5) is 56.2. The number of aromatic amines is 1. The minimum atomic E-state index is -0.692. The fourth-order valence-corrected chi connectivity index (χ4v) is 2.86. The number of esters is 1. The van der Waals surface area contributed by atoms with Gasteiger partial charge in [0, 0.05) is 12.2 Å².